The second-order valence-electron chi connectivity index (χ2n) is 7.01. The number of rotatable bonds is 5. The van der Waals surface area contributed by atoms with Crippen LogP contribution in [0.3, 0.4) is 0 Å². The number of hydrogen-bond donors (Lipinski definition) is 1. The molecule has 0 bridgehead atoms. The number of hydrogen-bond acceptors (Lipinski definition) is 4. The van der Waals surface area contributed by atoms with E-state index in [1.54, 1.807) is 11.9 Å². The fraction of sp³-hybridized carbons (Fsp3) is 0.875. The highest BCUT2D eigenvalue weighted by Crippen LogP contribution is 2.56. The molecule has 3 unspecified atom stereocenters. The molecule has 1 saturated heterocycles. The molecule has 0 aromatic carbocycles. The van der Waals surface area contributed by atoms with Crippen LogP contribution in [0.2, 0.25) is 0 Å². The molecule has 1 N–H and O–H groups in total. The Morgan fingerprint density at radius 1 is 1.27 bits per heavy atom. The Balaban J connectivity index is 1.50. The summed E-state index contributed by atoms with van der Waals surface area (Å²) in [6.07, 6.45) is 4.91. The second-order valence-corrected chi connectivity index (χ2v) is 7.01. The predicted molar refractivity (Wildman–Crippen MR) is 80.4 cm³/mol. The number of morpholine rings is 1. The van der Waals surface area contributed by atoms with Gasteiger partial charge in [-0.25, -0.2) is 0 Å². The number of carboxylic acids is 1. The first-order chi connectivity index (χ1) is 10.6. The van der Waals surface area contributed by atoms with Crippen molar-refractivity contribution in [2.24, 2.45) is 17.8 Å². The van der Waals surface area contributed by atoms with Crippen LogP contribution in [0.5, 0.6) is 0 Å². The highest BCUT2D eigenvalue weighted by molar-refractivity contribution is 5.82. The minimum absolute atomic E-state index is 0.000575. The normalized spacial score (nSPS) is 34.4. The summed E-state index contributed by atoms with van der Waals surface area (Å²) in [6, 6.07) is 0. The zero-order valence-corrected chi connectivity index (χ0v) is 13.2. The fourth-order valence-corrected chi connectivity index (χ4v) is 4.24. The number of fused-ring (bicyclic) bond motifs is 1. The first-order valence-electron chi connectivity index (χ1n) is 8.37. The first-order valence-corrected chi connectivity index (χ1v) is 8.37. The van der Waals surface area contributed by atoms with E-state index in [0.717, 1.165) is 0 Å². The number of amides is 1. The number of carbonyl (C=O) groups excluding carboxylic acids is 1. The summed E-state index contributed by atoms with van der Waals surface area (Å²) < 4.78 is 5.70. The van der Waals surface area contributed by atoms with Gasteiger partial charge in [0.25, 0.3) is 0 Å². The van der Waals surface area contributed by atoms with Crippen molar-refractivity contribution in [3.63, 3.8) is 0 Å². The minimum Gasteiger partial charge on any atom is -0.480 e. The van der Waals surface area contributed by atoms with E-state index in [-0.39, 0.29) is 18.6 Å². The van der Waals surface area contributed by atoms with Gasteiger partial charge in [-0.1, -0.05) is 12.8 Å². The van der Waals surface area contributed by atoms with Crippen molar-refractivity contribution < 1.29 is 19.4 Å². The molecule has 2 aliphatic carbocycles. The molecule has 0 aromatic rings. The maximum Gasteiger partial charge on any atom is 0.317 e. The molecule has 6 nitrogen and oxygen atoms in total. The highest BCUT2D eigenvalue weighted by atomic mass is 16.5. The van der Waals surface area contributed by atoms with Gasteiger partial charge in [-0.2, -0.15) is 0 Å². The molecule has 0 radical (unpaired) electrons. The van der Waals surface area contributed by atoms with Gasteiger partial charge in [-0.3, -0.25) is 14.5 Å². The summed E-state index contributed by atoms with van der Waals surface area (Å²) in [5, 5.41) is 8.81. The van der Waals surface area contributed by atoms with Crippen LogP contribution in [0, 0.1) is 17.8 Å². The van der Waals surface area contributed by atoms with Gasteiger partial charge in [-0.15, -0.1) is 0 Å². The Bertz CT molecular complexity index is 430. The SMILES string of the molecule is CN(CC(=O)O)CC1CN(C(=O)C2C3CCCCC32)CCO1. The van der Waals surface area contributed by atoms with Crippen molar-refractivity contribution in [1.29, 1.82) is 0 Å². The molecule has 6 heteroatoms. The van der Waals surface area contributed by atoms with Crippen LogP contribution in [0.1, 0.15) is 25.7 Å². The molecule has 1 amide bonds. The van der Waals surface area contributed by atoms with Crippen LogP contribution < -0.4 is 0 Å². The van der Waals surface area contributed by atoms with E-state index in [0.29, 0.717) is 44.0 Å². The average molecular weight is 310 g/mol. The van der Waals surface area contributed by atoms with E-state index < -0.39 is 5.97 Å². The predicted octanol–water partition coefficient (Wildman–Crippen LogP) is 0.666. The quantitative estimate of drug-likeness (QED) is 0.808. The van der Waals surface area contributed by atoms with Crippen LogP contribution in [-0.2, 0) is 14.3 Å². The van der Waals surface area contributed by atoms with Crippen LogP contribution >= 0.6 is 0 Å². The number of likely N-dealkylation sites (N-methyl/N-ethyl adjacent to an activating group) is 1. The Morgan fingerprint density at radius 2 is 1.95 bits per heavy atom. The smallest absolute Gasteiger partial charge is 0.317 e. The zero-order valence-electron chi connectivity index (χ0n) is 13.2. The molecule has 1 aliphatic heterocycles. The monoisotopic (exact) mass is 310 g/mol. The fourth-order valence-electron chi connectivity index (χ4n) is 4.24. The van der Waals surface area contributed by atoms with Gasteiger partial charge in [0.1, 0.15) is 0 Å². The van der Waals surface area contributed by atoms with Crippen molar-refractivity contribution in [2.75, 3.05) is 39.8 Å². The zero-order chi connectivity index (χ0) is 15.7. The van der Waals surface area contributed by atoms with Gasteiger partial charge in [0.2, 0.25) is 5.91 Å². The van der Waals surface area contributed by atoms with Crippen LogP contribution in [0.15, 0.2) is 0 Å². The number of aliphatic carboxylic acids is 1. The summed E-state index contributed by atoms with van der Waals surface area (Å²) in [5.74, 6) is 1.01. The molecular weight excluding hydrogens is 284 g/mol. The number of ether oxygens (including phenoxy) is 1. The number of nitrogens with zero attached hydrogens (tertiary/aromatic N) is 2. The second kappa shape index (κ2) is 6.54. The lowest BCUT2D eigenvalue weighted by Gasteiger charge is -2.35. The van der Waals surface area contributed by atoms with Gasteiger partial charge >= 0.3 is 5.97 Å². The van der Waals surface area contributed by atoms with Crippen molar-refractivity contribution in [3.05, 3.63) is 0 Å². The Morgan fingerprint density at radius 3 is 2.59 bits per heavy atom. The van der Waals surface area contributed by atoms with Gasteiger partial charge < -0.3 is 14.7 Å². The third-order valence-electron chi connectivity index (χ3n) is 5.31. The minimum atomic E-state index is -0.840. The average Bonchev–Trinajstić information content (AvgIpc) is 3.20. The third kappa shape index (κ3) is 3.43. The van der Waals surface area contributed by atoms with E-state index in [9.17, 15) is 9.59 Å². The molecule has 3 aliphatic rings. The molecule has 0 aromatic heterocycles. The van der Waals surface area contributed by atoms with Crippen molar-refractivity contribution >= 4 is 11.9 Å². The Hall–Kier alpha value is -1.14. The van der Waals surface area contributed by atoms with E-state index in [1.807, 2.05) is 4.90 Å². The van der Waals surface area contributed by atoms with E-state index in [4.69, 9.17) is 9.84 Å². The molecular formula is C16H26N2O4. The largest absolute Gasteiger partial charge is 0.480 e. The summed E-state index contributed by atoms with van der Waals surface area (Å²) in [4.78, 5) is 27.1. The van der Waals surface area contributed by atoms with Gasteiger partial charge in [0.15, 0.2) is 0 Å². The first kappa shape index (κ1) is 15.7. The molecule has 1 heterocycles. The van der Waals surface area contributed by atoms with Crippen LogP contribution in [0.4, 0.5) is 0 Å². The Labute approximate surface area is 131 Å². The lowest BCUT2D eigenvalue weighted by molar-refractivity contribution is -0.143. The maximum atomic E-state index is 12.7. The summed E-state index contributed by atoms with van der Waals surface area (Å²) in [7, 11) is 1.77. The van der Waals surface area contributed by atoms with Crippen molar-refractivity contribution in [1.82, 2.24) is 9.80 Å². The molecule has 3 atom stereocenters. The summed E-state index contributed by atoms with van der Waals surface area (Å²) >= 11 is 0. The topological polar surface area (TPSA) is 70.1 Å². The molecule has 3 rings (SSSR count). The Kier molecular flexibility index (Phi) is 4.68. The molecule has 3 fully saturated rings. The van der Waals surface area contributed by atoms with E-state index in [1.165, 1.54) is 25.7 Å². The highest BCUT2D eigenvalue weighted by Gasteiger charge is 2.56. The van der Waals surface area contributed by atoms with E-state index in [2.05, 4.69) is 0 Å². The standard InChI is InChI=1S/C16H26N2O4/c1-17(10-14(19)20)8-11-9-18(6-7-22-11)16(21)15-12-4-2-3-5-13(12)15/h11-13,15H,2-10H2,1H3,(H,19,20). The number of carbonyl (C=O) groups is 2. The van der Waals surface area contributed by atoms with Crippen molar-refractivity contribution in [3.8, 4) is 0 Å². The van der Waals surface area contributed by atoms with Crippen LogP contribution in [-0.4, -0.2) is 72.7 Å². The molecule has 22 heavy (non-hydrogen) atoms. The summed E-state index contributed by atoms with van der Waals surface area (Å²) in [5.41, 5.74) is 0. The lowest BCUT2D eigenvalue weighted by Crippen LogP contribution is -2.50. The number of carboxylic acid groups (broad SMARTS) is 1. The molecule has 2 saturated carbocycles. The maximum absolute atomic E-state index is 12.7. The van der Waals surface area contributed by atoms with E-state index >= 15 is 0 Å². The van der Waals surface area contributed by atoms with Gasteiger partial charge in [-0.05, 0) is 31.7 Å². The van der Waals surface area contributed by atoms with Crippen LogP contribution in [0.25, 0.3) is 0 Å². The molecule has 124 valence electrons. The third-order valence-corrected chi connectivity index (χ3v) is 5.31. The van der Waals surface area contributed by atoms with Crippen molar-refractivity contribution in [2.45, 2.75) is 31.8 Å². The lowest BCUT2D eigenvalue weighted by atomic mass is 10.0. The van der Waals surface area contributed by atoms with Gasteiger partial charge in [0, 0.05) is 25.6 Å². The molecule has 0 spiro atoms. The van der Waals surface area contributed by atoms with Gasteiger partial charge in [0.05, 0.1) is 19.3 Å². The summed E-state index contributed by atoms with van der Waals surface area (Å²) in [6.45, 7) is 2.38.